The van der Waals surface area contributed by atoms with Crippen LogP contribution in [0.25, 0.3) is 0 Å². The van der Waals surface area contributed by atoms with Crippen molar-refractivity contribution < 1.29 is 0 Å². The summed E-state index contributed by atoms with van der Waals surface area (Å²) < 4.78 is 0. The lowest BCUT2D eigenvalue weighted by Gasteiger charge is -2.18. The van der Waals surface area contributed by atoms with Crippen LogP contribution in [0.4, 0.5) is 5.82 Å². The van der Waals surface area contributed by atoms with E-state index in [0.29, 0.717) is 0 Å². The van der Waals surface area contributed by atoms with Crippen molar-refractivity contribution in [1.29, 1.82) is 0 Å². The van der Waals surface area contributed by atoms with Crippen molar-refractivity contribution in [2.24, 2.45) is 0 Å². The van der Waals surface area contributed by atoms with Crippen LogP contribution in [-0.2, 0) is 5.41 Å². The molecule has 0 saturated carbocycles. The fourth-order valence-corrected chi connectivity index (χ4v) is 2.49. The fraction of sp³-hybridized carbons (Fsp3) is 0.733. The fourth-order valence-electron chi connectivity index (χ4n) is 1.50. The van der Waals surface area contributed by atoms with E-state index < -0.39 is 0 Å². The summed E-state index contributed by atoms with van der Waals surface area (Å²) in [6.07, 6.45) is 3.57. The second kappa shape index (κ2) is 7.73. The maximum absolute atomic E-state index is 4.70. The van der Waals surface area contributed by atoms with Crippen molar-refractivity contribution in [3.63, 3.8) is 0 Å². The number of nitrogens with zero attached hydrogens (tertiary/aromatic N) is 2. The summed E-state index contributed by atoms with van der Waals surface area (Å²) in [5.74, 6) is 3.01. The third kappa shape index (κ3) is 5.81. The molecule has 0 spiro atoms. The Morgan fingerprint density at radius 1 is 1.16 bits per heavy atom. The smallest absolute Gasteiger partial charge is 0.137 e. The molecule has 108 valence electrons. The SMILES string of the molecule is CCCCSc1cc(NCCC)nc(C(C)(C)C)n1. The molecule has 0 aromatic carbocycles. The number of unbranched alkanes of at least 4 members (excludes halogenated alkanes) is 1. The minimum absolute atomic E-state index is 0.00995. The van der Waals surface area contributed by atoms with Crippen LogP contribution in [0.15, 0.2) is 11.1 Å². The van der Waals surface area contributed by atoms with E-state index in [9.17, 15) is 0 Å². The monoisotopic (exact) mass is 281 g/mol. The first kappa shape index (κ1) is 16.3. The van der Waals surface area contributed by atoms with Crippen LogP contribution in [0.1, 0.15) is 59.7 Å². The summed E-state index contributed by atoms with van der Waals surface area (Å²) in [6, 6.07) is 2.07. The first-order valence-electron chi connectivity index (χ1n) is 7.23. The van der Waals surface area contributed by atoms with Gasteiger partial charge in [0.05, 0.1) is 0 Å². The van der Waals surface area contributed by atoms with E-state index in [-0.39, 0.29) is 5.41 Å². The molecular formula is C15H27N3S. The Hall–Kier alpha value is -0.770. The summed E-state index contributed by atoms with van der Waals surface area (Å²) in [5.41, 5.74) is -0.00995. The molecular weight excluding hydrogens is 254 g/mol. The number of aromatic nitrogens is 2. The van der Waals surface area contributed by atoms with Crippen LogP contribution in [0.3, 0.4) is 0 Å². The van der Waals surface area contributed by atoms with Gasteiger partial charge in [0, 0.05) is 18.0 Å². The zero-order valence-corrected chi connectivity index (χ0v) is 13.7. The summed E-state index contributed by atoms with van der Waals surface area (Å²) in [4.78, 5) is 9.33. The number of nitrogens with one attached hydrogen (secondary N) is 1. The average Bonchev–Trinajstić information content (AvgIpc) is 2.35. The first-order valence-corrected chi connectivity index (χ1v) is 8.22. The van der Waals surface area contributed by atoms with Gasteiger partial charge in [0.1, 0.15) is 16.7 Å². The molecule has 1 N–H and O–H groups in total. The van der Waals surface area contributed by atoms with Gasteiger partial charge in [0.25, 0.3) is 0 Å². The second-order valence-electron chi connectivity index (χ2n) is 5.79. The van der Waals surface area contributed by atoms with Crippen molar-refractivity contribution >= 4 is 17.6 Å². The highest BCUT2D eigenvalue weighted by molar-refractivity contribution is 7.99. The van der Waals surface area contributed by atoms with E-state index in [1.54, 1.807) is 0 Å². The number of rotatable bonds is 7. The van der Waals surface area contributed by atoms with E-state index in [1.165, 1.54) is 12.8 Å². The molecule has 19 heavy (non-hydrogen) atoms. The molecule has 3 nitrogen and oxygen atoms in total. The third-order valence-electron chi connectivity index (χ3n) is 2.68. The molecule has 0 atom stereocenters. The molecule has 1 aromatic heterocycles. The lowest BCUT2D eigenvalue weighted by molar-refractivity contribution is 0.539. The maximum Gasteiger partial charge on any atom is 0.137 e. The first-order chi connectivity index (χ1) is 8.97. The van der Waals surface area contributed by atoms with E-state index in [2.05, 4.69) is 51.0 Å². The predicted molar refractivity (Wildman–Crippen MR) is 85.1 cm³/mol. The highest BCUT2D eigenvalue weighted by atomic mass is 32.2. The number of thioether (sulfide) groups is 1. The Morgan fingerprint density at radius 3 is 2.47 bits per heavy atom. The Balaban J connectivity index is 2.89. The molecule has 0 amide bonds. The van der Waals surface area contributed by atoms with Crippen LogP contribution in [-0.4, -0.2) is 22.3 Å². The summed E-state index contributed by atoms with van der Waals surface area (Å²) in [5, 5.41) is 4.46. The standard InChI is InChI=1S/C15H27N3S/c1-6-8-10-19-13-11-12(16-9-7-2)17-14(18-13)15(3,4)5/h11H,6-10H2,1-5H3,(H,16,17,18). The van der Waals surface area contributed by atoms with Gasteiger partial charge in [-0.05, 0) is 18.6 Å². The average molecular weight is 281 g/mol. The van der Waals surface area contributed by atoms with E-state index in [4.69, 9.17) is 4.98 Å². The second-order valence-corrected chi connectivity index (χ2v) is 6.91. The van der Waals surface area contributed by atoms with E-state index in [1.807, 2.05) is 11.8 Å². The lowest BCUT2D eigenvalue weighted by atomic mass is 9.96. The quantitative estimate of drug-likeness (QED) is 0.454. The highest BCUT2D eigenvalue weighted by Gasteiger charge is 2.19. The molecule has 0 saturated heterocycles. The van der Waals surface area contributed by atoms with Crippen molar-refractivity contribution in [3.05, 3.63) is 11.9 Å². The largest absolute Gasteiger partial charge is 0.370 e. The minimum Gasteiger partial charge on any atom is -0.370 e. The van der Waals surface area contributed by atoms with Crippen LogP contribution in [0.2, 0.25) is 0 Å². The summed E-state index contributed by atoms with van der Waals surface area (Å²) in [7, 11) is 0. The Morgan fingerprint density at radius 2 is 1.89 bits per heavy atom. The molecule has 0 aliphatic carbocycles. The Bertz CT molecular complexity index is 385. The van der Waals surface area contributed by atoms with Crippen molar-refractivity contribution in [3.8, 4) is 0 Å². The molecule has 1 heterocycles. The van der Waals surface area contributed by atoms with E-state index >= 15 is 0 Å². The Kier molecular flexibility index (Phi) is 6.63. The van der Waals surface area contributed by atoms with Crippen LogP contribution >= 0.6 is 11.8 Å². The minimum atomic E-state index is -0.00995. The maximum atomic E-state index is 4.70. The van der Waals surface area contributed by atoms with Gasteiger partial charge in [-0.25, -0.2) is 9.97 Å². The highest BCUT2D eigenvalue weighted by Crippen LogP contribution is 2.25. The zero-order valence-electron chi connectivity index (χ0n) is 12.9. The number of anilines is 1. The number of hydrogen-bond donors (Lipinski definition) is 1. The molecule has 0 bridgehead atoms. The van der Waals surface area contributed by atoms with Crippen molar-refractivity contribution in [2.75, 3.05) is 17.6 Å². The number of hydrogen-bond acceptors (Lipinski definition) is 4. The lowest BCUT2D eigenvalue weighted by Crippen LogP contribution is -2.18. The van der Waals surface area contributed by atoms with Gasteiger partial charge in [-0.15, -0.1) is 11.8 Å². The normalized spacial score (nSPS) is 11.6. The topological polar surface area (TPSA) is 37.8 Å². The molecule has 4 heteroatoms. The van der Waals surface area contributed by atoms with Crippen molar-refractivity contribution in [1.82, 2.24) is 9.97 Å². The van der Waals surface area contributed by atoms with Gasteiger partial charge < -0.3 is 5.32 Å². The van der Waals surface area contributed by atoms with Gasteiger partial charge in [-0.1, -0.05) is 41.0 Å². The molecule has 0 unspecified atom stereocenters. The summed E-state index contributed by atoms with van der Waals surface area (Å²) in [6.45, 7) is 11.8. The predicted octanol–water partition coefficient (Wildman–Crippen LogP) is 4.49. The van der Waals surface area contributed by atoms with Gasteiger partial charge in [0.15, 0.2) is 0 Å². The van der Waals surface area contributed by atoms with Gasteiger partial charge in [0.2, 0.25) is 0 Å². The summed E-state index contributed by atoms with van der Waals surface area (Å²) >= 11 is 1.83. The molecule has 0 aliphatic heterocycles. The molecule has 0 aliphatic rings. The van der Waals surface area contributed by atoms with Crippen LogP contribution in [0, 0.1) is 0 Å². The van der Waals surface area contributed by atoms with Crippen LogP contribution in [0.5, 0.6) is 0 Å². The van der Waals surface area contributed by atoms with Gasteiger partial charge in [-0.2, -0.15) is 0 Å². The Labute approximate surface area is 122 Å². The molecule has 0 radical (unpaired) electrons. The van der Waals surface area contributed by atoms with Gasteiger partial charge in [-0.3, -0.25) is 0 Å². The van der Waals surface area contributed by atoms with Crippen molar-refractivity contribution in [2.45, 2.75) is 64.3 Å². The third-order valence-corrected chi connectivity index (χ3v) is 3.68. The van der Waals surface area contributed by atoms with E-state index in [0.717, 1.165) is 35.4 Å². The zero-order chi connectivity index (χ0) is 14.3. The van der Waals surface area contributed by atoms with Gasteiger partial charge >= 0.3 is 0 Å². The molecule has 1 aromatic rings. The van der Waals surface area contributed by atoms with Crippen LogP contribution < -0.4 is 5.32 Å². The molecule has 1 rings (SSSR count). The molecule has 0 fully saturated rings.